The SMILES string of the molecule is O=C(c1cnccn1)N1C[C@@H]2OCCN(Cc3ccccc3)[C@H]2C1. The summed E-state index contributed by atoms with van der Waals surface area (Å²) in [5.74, 6) is -0.0687. The Kier molecular flexibility index (Phi) is 4.23. The molecule has 0 unspecified atom stereocenters. The average Bonchev–Trinajstić information content (AvgIpc) is 3.08. The smallest absolute Gasteiger partial charge is 0.274 e. The van der Waals surface area contributed by atoms with Gasteiger partial charge >= 0.3 is 0 Å². The average molecular weight is 324 g/mol. The Labute approximate surface area is 141 Å². The maximum absolute atomic E-state index is 12.6. The maximum Gasteiger partial charge on any atom is 0.274 e. The lowest BCUT2D eigenvalue weighted by Gasteiger charge is -2.36. The van der Waals surface area contributed by atoms with E-state index in [1.165, 1.54) is 11.8 Å². The first-order valence-electron chi connectivity index (χ1n) is 8.26. The molecule has 124 valence electrons. The highest BCUT2D eigenvalue weighted by atomic mass is 16.5. The van der Waals surface area contributed by atoms with Gasteiger partial charge in [-0.1, -0.05) is 30.3 Å². The molecule has 2 atom stereocenters. The molecule has 1 aromatic heterocycles. The number of fused-ring (bicyclic) bond motifs is 1. The monoisotopic (exact) mass is 324 g/mol. The van der Waals surface area contributed by atoms with Crippen molar-refractivity contribution in [3.63, 3.8) is 0 Å². The van der Waals surface area contributed by atoms with Crippen LogP contribution in [0.5, 0.6) is 0 Å². The summed E-state index contributed by atoms with van der Waals surface area (Å²) in [7, 11) is 0. The van der Waals surface area contributed by atoms with Gasteiger partial charge in [0.25, 0.3) is 5.91 Å². The van der Waals surface area contributed by atoms with E-state index >= 15 is 0 Å². The van der Waals surface area contributed by atoms with Crippen LogP contribution >= 0.6 is 0 Å². The van der Waals surface area contributed by atoms with Crippen LogP contribution in [0, 0.1) is 0 Å². The van der Waals surface area contributed by atoms with E-state index in [-0.39, 0.29) is 18.1 Å². The van der Waals surface area contributed by atoms with E-state index in [9.17, 15) is 4.79 Å². The lowest BCUT2D eigenvalue weighted by molar-refractivity contribution is -0.0503. The van der Waals surface area contributed by atoms with Crippen molar-refractivity contribution in [2.45, 2.75) is 18.7 Å². The van der Waals surface area contributed by atoms with Gasteiger partial charge in [-0.2, -0.15) is 0 Å². The minimum atomic E-state index is -0.0687. The third kappa shape index (κ3) is 3.02. The Hall–Kier alpha value is -2.31. The molecule has 0 N–H and O–H groups in total. The zero-order valence-corrected chi connectivity index (χ0v) is 13.4. The van der Waals surface area contributed by atoms with Crippen LogP contribution in [0.25, 0.3) is 0 Å². The van der Waals surface area contributed by atoms with Gasteiger partial charge < -0.3 is 9.64 Å². The number of aromatic nitrogens is 2. The summed E-state index contributed by atoms with van der Waals surface area (Å²) in [4.78, 5) is 25.0. The molecule has 0 aliphatic carbocycles. The van der Waals surface area contributed by atoms with Gasteiger partial charge in [0.1, 0.15) is 5.69 Å². The molecular weight excluding hydrogens is 304 g/mol. The van der Waals surface area contributed by atoms with Crippen LogP contribution in [0.1, 0.15) is 16.1 Å². The number of carbonyl (C=O) groups is 1. The molecule has 0 spiro atoms. The highest BCUT2D eigenvalue weighted by Gasteiger charge is 2.42. The summed E-state index contributed by atoms with van der Waals surface area (Å²) < 4.78 is 5.91. The third-order valence-corrected chi connectivity index (χ3v) is 4.71. The van der Waals surface area contributed by atoms with Crippen LogP contribution < -0.4 is 0 Å². The van der Waals surface area contributed by atoms with Crippen LogP contribution in [-0.4, -0.2) is 64.1 Å². The molecule has 2 aromatic rings. The molecule has 1 aromatic carbocycles. The quantitative estimate of drug-likeness (QED) is 0.849. The topological polar surface area (TPSA) is 58.6 Å². The summed E-state index contributed by atoms with van der Waals surface area (Å²) in [6, 6.07) is 10.7. The molecule has 3 heterocycles. The minimum absolute atomic E-state index is 0.0687. The Bertz CT molecular complexity index is 695. The Balaban J connectivity index is 1.47. The number of morpholine rings is 1. The van der Waals surface area contributed by atoms with Crippen LogP contribution in [-0.2, 0) is 11.3 Å². The number of nitrogens with zero attached hydrogens (tertiary/aromatic N) is 4. The number of amides is 1. The molecule has 0 radical (unpaired) electrons. The second-order valence-electron chi connectivity index (χ2n) is 6.23. The van der Waals surface area contributed by atoms with Crippen molar-refractivity contribution in [3.8, 4) is 0 Å². The molecule has 2 aliphatic rings. The first-order valence-corrected chi connectivity index (χ1v) is 8.26. The molecule has 6 heteroatoms. The van der Waals surface area contributed by atoms with Crippen molar-refractivity contribution in [1.82, 2.24) is 19.8 Å². The second kappa shape index (κ2) is 6.67. The highest BCUT2D eigenvalue weighted by molar-refractivity contribution is 5.92. The van der Waals surface area contributed by atoms with Crippen LogP contribution in [0.4, 0.5) is 0 Å². The van der Waals surface area contributed by atoms with Gasteiger partial charge in [0.05, 0.1) is 24.9 Å². The van der Waals surface area contributed by atoms with E-state index in [1.807, 2.05) is 11.0 Å². The zero-order chi connectivity index (χ0) is 16.4. The predicted molar refractivity (Wildman–Crippen MR) is 88.3 cm³/mol. The Morgan fingerprint density at radius 3 is 2.88 bits per heavy atom. The van der Waals surface area contributed by atoms with Gasteiger partial charge in [0.15, 0.2) is 0 Å². The molecule has 2 saturated heterocycles. The molecule has 2 aliphatic heterocycles. The highest BCUT2D eigenvalue weighted by Crippen LogP contribution is 2.25. The number of rotatable bonds is 3. The number of likely N-dealkylation sites (tertiary alicyclic amines) is 1. The zero-order valence-electron chi connectivity index (χ0n) is 13.4. The third-order valence-electron chi connectivity index (χ3n) is 4.71. The van der Waals surface area contributed by atoms with Gasteiger partial charge in [-0.3, -0.25) is 14.7 Å². The minimum Gasteiger partial charge on any atom is -0.373 e. The lowest BCUT2D eigenvalue weighted by atomic mass is 10.1. The van der Waals surface area contributed by atoms with Crippen molar-refractivity contribution >= 4 is 5.91 Å². The van der Waals surface area contributed by atoms with Crippen LogP contribution in [0.2, 0.25) is 0 Å². The van der Waals surface area contributed by atoms with E-state index in [1.54, 1.807) is 12.4 Å². The van der Waals surface area contributed by atoms with E-state index in [0.29, 0.717) is 25.4 Å². The van der Waals surface area contributed by atoms with Gasteiger partial charge in [-0.15, -0.1) is 0 Å². The Morgan fingerprint density at radius 2 is 2.08 bits per heavy atom. The van der Waals surface area contributed by atoms with Gasteiger partial charge in [-0.25, -0.2) is 4.98 Å². The first-order chi connectivity index (χ1) is 11.8. The second-order valence-corrected chi connectivity index (χ2v) is 6.23. The molecule has 6 nitrogen and oxygen atoms in total. The van der Waals surface area contributed by atoms with Gasteiger partial charge in [0, 0.05) is 38.6 Å². The summed E-state index contributed by atoms with van der Waals surface area (Å²) in [5.41, 5.74) is 1.68. The number of benzene rings is 1. The normalized spacial score (nSPS) is 23.9. The summed E-state index contributed by atoms with van der Waals surface area (Å²) in [5, 5.41) is 0. The molecular formula is C18H20N4O2. The molecule has 0 saturated carbocycles. The van der Waals surface area contributed by atoms with Crippen molar-refractivity contribution < 1.29 is 9.53 Å². The lowest BCUT2D eigenvalue weighted by Crippen LogP contribution is -2.50. The van der Waals surface area contributed by atoms with E-state index in [0.717, 1.165) is 13.1 Å². The number of ether oxygens (including phenoxy) is 1. The molecule has 1 amide bonds. The van der Waals surface area contributed by atoms with Gasteiger partial charge in [0.2, 0.25) is 0 Å². The van der Waals surface area contributed by atoms with Crippen LogP contribution in [0.15, 0.2) is 48.9 Å². The van der Waals surface area contributed by atoms with Crippen molar-refractivity contribution in [2.75, 3.05) is 26.2 Å². The van der Waals surface area contributed by atoms with E-state index in [4.69, 9.17) is 4.74 Å². The van der Waals surface area contributed by atoms with Gasteiger partial charge in [-0.05, 0) is 5.56 Å². The Morgan fingerprint density at radius 1 is 1.21 bits per heavy atom. The molecule has 2 fully saturated rings. The van der Waals surface area contributed by atoms with Crippen molar-refractivity contribution in [1.29, 1.82) is 0 Å². The summed E-state index contributed by atoms with van der Waals surface area (Å²) in [6.07, 6.45) is 4.72. The number of hydrogen-bond acceptors (Lipinski definition) is 5. The number of hydrogen-bond donors (Lipinski definition) is 0. The molecule has 4 rings (SSSR count). The summed E-state index contributed by atoms with van der Waals surface area (Å²) >= 11 is 0. The molecule has 0 bridgehead atoms. The predicted octanol–water partition coefficient (Wildman–Crippen LogP) is 1.20. The number of carbonyl (C=O) groups excluding carboxylic acids is 1. The maximum atomic E-state index is 12.6. The van der Waals surface area contributed by atoms with E-state index < -0.39 is 0 Å². The molecule has 24 heavy (non-hydrogen) atoms. The standard InChI is InChI=1S/C18H20N4O2/c23-18(15-10-19-6-7-20-15)22-12-16-17(13-22)24-9-8-21(16)11-14-4-2-1-3-5-14/h1-7,10,16-17H,8-9,11-13H2/t16-,17-/m0/s1. The van der Waals surface area contributed by atoms with Crippen LogP contribution in [0.3, 0.4) is 0 Å². The summed E-state index contributed by atoms with van der Waals surface area (Å²) in [6.45, 7) is 3.78. The fraction of sp³-hybridized carbons (Fsp3) is 0.389. The fourth-order valence-corrected chi connectivity index (χ4v) is 3.51. The van der Waals surface area contributed by atoms with E-state index in [2.05, 4.69) is 39.1 Å². The van der Waals surface area contributed by atoms with Crippen molar-refractivity contribution in [3.05, 3.63) is 60.2 Å². The fourth-order valence-electron chi connectivity index (χ4n) is 3.51. The first kappa shape index (κ1) is 15.2. The largest absolute Gasteiger partial charge is 0.373 e. The van der Waals surface area contributed by atoms with Crippen molar-refractivity contribution in [2.24, 2.45) is 0 Å².